The summed E-state index contributed by atoms with van der Waals surface area (Å²) in [5.41, 5.74) is 0.840. The van der Waals surface area contributed by atoms with E-state index in [1.165, 1.54) is 16.7 Å². The van der Waals surface area contributed by atoms with Crippen LogP contribution in [-0.4, -0.2) is 67.8 Å². The van der Waals surface area contributed by atoms with Gasteiger partial charge in [-0.1, -0.05) is 23.4 Å². The van der Waals surface area contributed by atoms with E-state index >= 15 is 0 Å². The molecule has 0 saturated carbocycles. The van der Waals surface area contributed by atoms with Gasteiger partial charge in [0.25, 0.3) is 0 Å². The Balaban J connectivity index is 1.87. The Bertz CT molecular complexity index is 778. The van der Waals surface area contributed by atoms with E-state index in [-0.39, 0.29) is 35.2 Å². The fraction of sp³-hybridized carbons (Fsp3) is 0.467. The van der Waals surface area contributed by atoms with Crippen LogP contribution in [0, 0.1) is 0 Å². The molecule has 1 fully saturated rings. The van der Waals surface area contributed by atoms with Crippen molar-refractivity contribution in [2.75, 3.05) is 36.3 Å². The van der Waals surface area contributed by atoms with Gasteiger partial charge in [0, 0.05) is 24.8 Å². The lowest BCUT2D eigenvalue weighted by Gasteiger charge is -2.26. The number of amides is 1. The number of hydrogen-bond acceptors (Lipinski definition) is 6. The second-order valence-corrected chi connectivity index (χ2v) is 9.58. The van der Waals surface area contributed by atoms with E-state index in [9.17, 15) is 13.2 Å². The van der Waals surface area contributed by atoms with Crippen molar-refractivity contribution in [1.29, 1.82) is 0 Å². The molecule has 1 aromatic carbocycles. The predicted octanol–water partition coefficient (Wildman–Crippen LogP) is 1.50. The number of rotatable bonds is 3. The SMILES string of the molecule is CN(C)C(=O)CSC1=N[C@@H]2CS(=O)(=O)C[C@H]2N1c1ccc(Cl)cc1. The minimum Gasteiger partial charge on any atom is -0.348 e. The third-order valence-electron chi connectivity index (χ3n) is 4.04. The monoisotopic (exact) mass is 387 g/mol. The summed E-state index contributed by atoms with van der Waals surface area (Å²) in [7, 11) is 0.330. The third kappa shape index (κ3) is 3.55. The minimum atomic E-state index is -3.08. The van der Waals surface area contributed by atoms with Crippen molar-refractivity contribution in [1.82, 2.24) is 4.90 Å². The summed E-state index contributed by atoms with van der Waals surface area (Å²) in [6.07, 6.45) is 0. The van der Waals surface area contributed by atoms with Crippen LogP contribution in [0.2, 0.25) is 5.02 Å². The molecule has 0 aromatic heterocycles. The number of halogens is 1. The third-order valence-corrected chi connectivity index (χ3v) is 6.94. The van der Waals surface area contributed by atoms with Crippen molar-refractivity contribution < 1.29 is 13.2 Å². The molecule has 0 aliphatic carbocycles. The van der Waals surface area contributed by atoms with Crippen LogP contribution >= 0.6 is 23.4 Å². The molecule has 1 amide bonds. The molecule has 0 N–H and O–H groups in total. The van der Waals surface area contributed by atoms with E-state index < -0.39 is 9.84 Å². The Labute approximate surface area is 150 Å². The van der Waals surface area contributed by atoms with Gasteiger partial charge < -0.3 is 9.80 Å². The minimum absolute atomic E-state index is 0.0107. The lowest BCUT2D eigenvalue weighted by atomic mass is 10.1. The first-order valence-electron chi connectivity index (χ1n) is 7.43. The van der Waals surface area contributed by atoms with Gasteiger partial charge in [0.1, 0.15) is 0 Å². The lowest BCUT2D eigenvalue weighted by molar-refractivity contribution is -0.125. The summed E-state index contributed by atoms with van der Waals surface area (Å²) in [5.74, 6) is 0.397. The average molecular weight is 388 g/mol. The quantitative estimate of drug-likeness (QED) is 0.786. The van der Waals surface area contributed by atoms with E-state index in [1.54, 1.807) is 26.2 Å². The average Bonchev–Trinajstić information content (AvgIpc) is 2.97. The Hall–Kier alpha value is -1.25. The number of carbonyl (C=O) groups excluding carboxylic acids is 1. The topological polar surface area (TPSA) is 70.0 Å². The van der Waals surface area contributed by atoms with Gasteiger partial charge in [-0.05, 0) is 24.3 Å². The highest BCUT2D eigenvalue weighted by Gasteiger charge is 2.47. The number of thioether (sulfide) groups is 1. The molecule has 130 valence electrons. The number of fused-ring (bicyclic) bond motifs is 1. The highest BCUT2D eigenvalue weighted by molar-refractivity contribution is 8.14. The molecule has 2 atom stereocenters. The number of benzene rings is 1. The Kier molecular flexibility index (Phi) is 4.81. The summed E-state index contributed by atoms with van der Waals surface area (Å²) in [4.78, 5) is 19.9. The second-order valence-electron chi connectivity index (χ2n) is 6.05. The summed E-state index contributed by atoms with van der Waals surface area (Å²) >= 11 is 7.29. The lowest BCUT2D eigenvalue weighted by Crippen LogP contribution is -2.39. The maximum atomic E-state index is 12.0. The zero-order valence-corrected chi connectivity index (χ0v) is 15.7. The number of sulfone groups is 1. The molecule has 9 heteroatoms. The summed E-state index contributed by atoms with van der Waals surface area (Å²) in [5, 5.41) is 1.31. The Morgan fingerprint density at radius 1 is 1.33 bits per heavy atom. The Morgan fingerprint density at radius 3 is 2.62 bits per heavy atom. The van der Waals surface area contributed by atoms with Crippen molar-refractivity contribution in [2.45, 2.75) is 12.1 Å². The standard InChI is InChI=1S/C15H18ClN3O3S2/c1-18(2)14(20)7-23-15-17-12-8-24(21,22)9-13(12)19(15)11-5-3-10(16)4-6-11/h3-6,12-13H,7-9H2,1-2H3/t12-,13-/m1/s1. The molecule has 1 aromatic rings. The fourth-order valence-electron chi connectivity index (χ4n) is 2.79. The van der Waals surface area contributed by atoms with Crippen LogP contribution in [0.3, 0.4) is 0 Å². The van der Waals surface area contributed by atoms with Gasteiger partial charge >= 0.3 is 0 Å². The van der Waals surface area contributed by atoms with Crippen molar-refractivity contribution in [2.24, 2.45) is 4.99 Å². The summed E-state index contributed by atoms with van der Waals surface area (Å²) in [6.45, 7) is 0. The van der Waals surface area contributed by atoms with Gasteiger partial charge in [0.2, 0.25) is 5.91 Å². The predicted molar refractivity (Wildman–Crippen MR) is 98.7 cm³/mol. The van der Waals surface area contributed by atoms with Crippen LogP contribution in [0.25, 0.3) is 0 Å². The van der Waals surface area contributed by atoms with E-state index in [1.807, 2.05) is 17.0 Å². The number of amidine groups is 1. The Morgan fingerprint density at radius 2 is 2.00 bits per heavy atom. The van der Waals surface area contributed by atoms with E-state index in [0.29, 0.717) is 10.2 Å². The van der Waals surface area contributed by atoms with Gasteiger partial charge in [0.05, 0.1) is 29.3 Å². The molecule has 3 rings (SSSR count). The van der Waals surface area contributed by atoms with Crippen LogP contribution in [-0.2, 0) is 14.6 Å². The summed E-state index contributed by atoms with van der Waals surface area (Å²) in [6, 6.07) is 6.73. The maximum Gasteiger partial charge on any atom is 0.232 e. The van der Waals surface area contributed by atoms with Gasteiger partial charge in [-0.3, -0.25) is 9.79 Å². The normalized spacial score (nSPS) is 24.6. The van der Waals surface area contributed by atoms with Crippen LogP contribution < -0.4 is 4.90 Å². The van der Waals surface area contributed by atoms with Gasteiger partial charge in [0.15, 0.2) is 15.0 Å². The van der Waals surface area contributed by atoms with Gasteiger partial charge in [-0.2, -0.15) is 0 Å². The van der Waals surface area contributed by atoms with Crippen LogP contribution in [0.4, 0.5) is 5.69 Å². The smallest absolute Gasteiger partial charge is 0.232 e. The molecule has 0 radical (unpaired) electrons. The molecule has 2 heterocycles. The summed E-state index contributed by atoms with van der Waals surface area (Å²) < 4.78 is 23.9. The maximum absolute atomic E-state index is 12.0. The molecule has 2 aliphatic rings. The van der Waals surface area contributed by atoms with Crippen molar-refractivity contribution in [3.8, 4) is 0 Å². The van der Waals surface area contributed by atoms with Crippen molar-refractivity contribution in [3.63, 3.8) is 0 Å². The number of nitrogens with zero attached hydrogens (tertiary/aromatic N) is 3. The first-order chi connectivity index (χ1) is 11.3. The largest absolute Gasteiger partial charge is 0.348 e. The molecule has 1 saturated heterocycles. The fourth-order valence-corrected chi connectivity index (χ4v) is 5.86. The molecule has 6 nitrogen and oxygen atoms in total. The van der Waals surface area contributed by atoms with Crippen LogP contribution in [0.15, 0.2) is 29.3 Å². The van der Waals surface area contributed by atoms with Crippen LogP contribution in [0.5, 0.6) is 0 Å². The molecule has 2 aliphatic heterocycles. The number of aliphatic imine (C=N–C) groups is 1. The molecule has 0 bridgehead atoms. The zero-order valence-electron chi connectivity index (χ0n) is 13.3. The highest BCUT2D eigenvalue weighted by Crippen LogP contribution is 2.35. The molecule has 24 heavy (non-hydrogen) atoms. The molecule has 0 unspecified atom stereocenters. The first kappa shape index (κ1) is 17.6. The first-order valence-corrected chi connectivity index (χ1v) is 10.6. The van der Waals surface area contributed by atoms with E-state index in [4.69, 9.17) is 11.6 Å². The van der Waals surface area contributed by atoms with E-state index in [2.05, 4.69) is 4.99 Å². The highest BCUT2D eigenvalue weighted by atomic mass is 35.5. The number of anilines is 1. The van der Waals surface area contributed by atoms with Crippen LogP contribution in [0.1, 0.15) is 0 Å². The van der Waals surface area contributed by atoms with Crippen molar-refractivity contribution >= 4 is 50.0 Å². The van der Waals surface area contributed by atoms with Gasteiger partial charge in [-0.15, -0.1) is 0 Å². The zero-order chi connectivity index (χ0) is 17.5. The number of hydrogen-bond donors (Lipinski definition) is 0. The molecule has 0 spiro atoms. The van der Waals surface area contributed by atoms with Crippen molar-refractivity contribution in [3.05, 3.63) is 29.3 Å². The van der Waals surface area contributed by atoms with Gasteiger partial charge in [-0.25, -0.2) is 8.42 Å². The molecular weight excluding hydrogens is 370 g/mol. The van der Waals surface area contributed by atoms with E-state index in [0.717, 1.165) is 5.69 Å². The molecular formula is C15H18ClN3O3S2. The second kappa shape index (κ2) is 6.57. The number of carbonyl (C=O) groups is 1.